The van der Waals surface area contributed by atoms with Gasteiger partial charge in [-0.15, -0.1) is 0 Å². The molecule has 0 atom stereocenters. The molecule has 2 N–H and O–H groups in total. The molecule has 150 valence electrons. The quantitative estimate of drug-likeness (QED) is 0.656. The lowest BCUT2D eigenvalue weighted by Gasteiger charge is -2.29. The van der Waals surface area contributed by atoms with Crippen molar-refractivity contribution < 1.29 is 14.4 Å². The molecule has 5 heteroatoms. The summed E-state index contributed by atoms with van der Waals surface area (Å²) >= 11 is 5.96. The van der Waals surface area contributed by atoms with Gasteiger partial charge in [-0.3, -0.25) is 4.79 Å². The molecule has 1 aliphatic heterocycles. The first-order valence-corrected chi connectivity index (χ1v) is 10.5. The van der Waals surface area contributed by atoms with Crippen LogP contribution >= 0.6 is 11.6 Å². The van der Waals surface area contributed by atoms with Crippen molar-refractivity contribution in [2.24, 2.45) is 0 Å². The number of halogens is 1. The molecule has 0 spiro atoms. The molecule has 1 aliphatic rings. The van der Waals surface area contributed by atoms with E-state index in [9.17, 15) is 4.79 Å². The van der Waals surface area contributed by atoms with Gasteiger partial charge in [0.15, 0.2) is 6.61 Å². The molecule has 0 bridgehead atoms. The van der Waals surface area contributed by atoms with E-state index in [0.29, 0.717) is 0 Å². The summed E-state index contributed by atoms with van der Waals surface area (Å²) in [6.07, 6.45) is 1.98. The number of rotatable bonds is 6. The predicted molar refractivity (Wildman–Crippen MR) is 116 cm³/mol. The molecule has 4 rings (SSSR count). The zero-order valence-electron chi connectivity index (χ0n) is 16.4. The molecular weight excluding hydrogens is 384 g/mol. The van der Waals surface area contributed by atoms with Gasteiger partial charge in [0.1, 0.15) is 12.3 Å². The van der Waals surface area contributed by atoms with Crippen molar-refractivity contribution >= 4 is 28.3 Å². The summed E-state index contributed by atoms with van der Waals surface area (Å²) in [6.45, 7) is 3.16. The van der Waals surface area contributed by atoms with Gasteiger partial charge in [0.05, 0.1) is 13.1 Å². The van der Waals surface area contributed by atoms with E-state index < -0.39 is 0 Å². The lowest BCUT2D eigenvalue weighted by atomic mass is 10.0. The third kappa shape index (κ3) is 5.49. The van der Waals surface area contributed by atoms with Crippen molar-refractivity contribution in [1.82, 2.24) is 5.32 Å². The van der Waals surface area contributed by atoms with Crippen LogP contribution in [0, 0.1) is 0 Å². The number of hydrogen-bond acceptors (Lipinski definition) is 2. The second-order valence-corrected chi connectivity index (χ2v) is 8.13. The van der Waals surface area contributed by atoms with Gasteiger partial charge < -0.3 is 15.0 Å². The Labute approximate surface area is 176 Å². The standard InChI is InChI=1S/C24H25ClN2O2/c25-21-8-5-18(6-9-21)16-27-13-11-22(12-14-27)26-24(28)17-29-23-10-7-19-3-1-2-4-20(19)15-23/h1-10,15,22H,11-14,16-17H2,(H,26,28)/p+1. The number of amides is 1. The Bertz CT molecular complexity index is 966. The highest BCUT2D eigenvalue weighted by Crippen LogP contribution is 2.20. The zero-order chi connectivity index (χ0) is 20.1. The Hall–Kier alpha value is -2.56. The van der Waals surface area contributed by atoms with Crippen molar-refractivity contribution in [2.75, 3.05) is 19.7 Å². The number of carbonyl (C=O) groups excluding carboxylic acids is 1. The van der Waals surface area contributed by atoms with Crippen molar-refractivity contribution in [3.8, 4) is 5.75 Å². The Morgan fingerprint density at radius 3 is 2.48 bits per heavy atom. The van der Waals surface area contributed by atoms with Crippen molar-refractivity contribution in [2.45, 2.75) is 25.4 Å². The number of ether oxygens (including phenoxy) is 1. The number of hydrogen-bond donors (Lipinski definition) is 2. The first kappa shape index (κ1) is 19.7. The highest BCUT2D eigenvalue weighted by atomic mass is 35.5. The van der Waals surface area contributed by atoms with Crippen LogP contribution in [0.3, 0.4) is 0 Å². The molecular formula is C24H26ClN2O2+. The van der Waals surface area contributed by atoms with Crippen LogP contribution in [-0.4, -0.2) is 31.6 Å². The minimum absolute atomic E-state index is 0.0516. The fraction of sp³-hybridized carbons (Fsp3) is 0.292. The number of nitrogens with one attached hydrogen (secondary N) is 2. The lowest BCUT2D eigenvalue weighted by Crippen LogP contribution is -3.12. The van der Waals surface area contributed by atoms with E-state index >= 15 is 0 Å². The van der Waals surface area contributed by atoms with E-state index in [1.54, 1.807) is 4.90 Å². The van der Waals surface area contributed by atoms with Crippen LogP contribution in [0.1, 0.15) is 18.4 Å². The van der Waals surface area contributed by atoms with Crippen molar-refractivity contribution in [3.63, 3.8) is 0 Å². The number of quaternary nitrogens is 1. The molecule has 0 aliphatic carbocycles. The predicted octanol–water partition coefficient (Wildman–Crippen LogP) is 3.24. The van der Waals surface area contributed by atoms with Gasteiger partial charge in [-0.1, -0.05) is 54.1 Å². The van der Waals surface area contributed by atoms with Gasteiger partial charge in [0, 0.05) is 29.5 Å². The highest BCUT2D eigenvalue weighted by molar-refractivity contribution is 6.30. The van der Waals surface area contributed by atoms with Crippen molar-refractivity contribution in [1.29, 1.82) is 0 Å². The topological polar surface area (TPSA) is 42.8 Å². The van der Waals surface area contributed by atoms with Gasteiger partial charge in [-0.2, -0.15) is 0 Å². The molecule has 3 aromatic rings. The van der Waals surface area contributed by atoms with Crippen LogP contribution in [0.5, 0.6) is 5.75 Å². The van der Waals surface area contributed by atoms with Gasteiger partial charge in [0.2, 0.25) is 0 Å². The van der Waals surface area contributed by atoms with Crippen LogP contribution in [0.15, 0.2) is 66.7 Å². The number of fused-ring (bicyclic) bond motifs is 1. The SMILES string of the molecule is O=C(COc1ccc2ccccc2c1)NC1CC[NH+](Cc2ccc(Cl)cc2)CC1. The molecule has 1 heterocycles. The summed E-state index contributed by atoms with van der Waals surface area (Å²) in [5.74, 6) is 0.672. The van der Waals surface area contributed by atoms with Gasteiger partial charge in [-0.05, 0) is 35.0 Å². The van der Waals surface area contributed by atoms with Crippen LogP contribution in [-0.2, 0) is 11.3 Å². The molecule has 1 fully saturated rings. The summed E-state index contributed by atoms with van der Waals surface area (Å²) in [5, 5.41) is 6.17. The Kier molecular flexibility index (Phi) is 6.33. The number of benzene rings is 3. The molecule has 0 radical (unpaired) electrons. The second-order valence-electron chi connectivity index (χ2n) is 7.69. The summed E-state index contributed by atoms with van der Waals surface area (Å²) in [7, 11) is 0. The molecule has 1 saturated heterocycles. The highest BCUT2D eigenvalue weighted by Gasteiger charge is 2.23. The average Bonchev–Trinajstić information content (AvgIpc) is 2.75. The van der Waals surface area contributed by atoms with E-state index in [0.717, 1.165) is 54.0 Å². The fourth-order valence-electron chi connectivity index (χ4n) is 3.91. The number of carbonyl (C=O) groups is 1. The monoisotopic (exact) mass is 409 g/mol. The second kappa shape index (κ2) is 9.29. The minimum Gasteiger partial charge on any atom is -0.484 e. The Morgan fingerprint density at radius 1 is 1.00 bits per heavy atom. The first-order valence-electron chi connectivity index (χ1n) is 10.1. The van der Waals surface area contributed by atoms with E-state index in [2.05, 4.69) is 23.5 Å². The average molecular weight is 410 g/mol. The largest absolute Gasteiger partial charge is 0.484 e. The van der Waals surface area contributed by atoms with Gasteiger partial charge in [0.25, 0.3) is 5.91 Å². The summed E-state index contributed by atoms with van der Waals surface area (Å²) < 4.78 is 5.70. The van der Waals surface area contributed by atoms with Crippen LogP contribution in [0.4, 0.5) is 0 Å². The number of likely N-dealkylation sites (tertiary alicyclic amines) is 1. The van der Waals surface area contributed by atoms with E-state index in [1.807, 2.05) is 48.5 Å². The fourth-order valence-corrected chi connectivity index (χ4v) is 4.04. The molecule has 0 saturated carbocycles. The van der Waals surface area contributed by atoms with E-state index in [1.165, 1.54) is 5.56 Å². The number of piperidine rings is 1. The maximum absolute atomic E-state index is 12.3. The normalized spacial score (nSPS) is 19.1. The first-order chi connectivity index (χ1) is 14.2. The molecule has 29 heavy (non-hydrogen) atoms. The molecule has 1 amide bonds. The zero-order valence-corrected chi connectivity index (χ0v) is 17.1. The van der Waals surface area contributed by atoms with Crippen LogP contribution < -0.4 is 15.0 Å². The molecule has 0 aromatic heterocycles. The smallest absolute Gasteiger partial charge is 0.258 e. The van der Waals surface area contributed by atoms with Crippen LogP contribution in [0.2, 0.25) is 5.02 Å². The minimum atomic E-state index is -0.0516. The molecule has 0 unspecified atom stereocenters. The van der Waals surface area contributed by atoms with E-state index in [-0.39, 0.29) is 18.6 Å². The Morgan fingerprint density at radius 2 is 1.72 bits per heavy atom. The summed E-state index contributed by atoms with van der Waals surface area (Å²) in [6, 6.07) is 22.3. The summed E-state index contributed by atoms with van der Waals surface area (Å²) in [4.78, 5) is 13.8. The maximum Gasteiger partial charge on any atom is 0.258 e. The lowest BCUT2D eigenvalue weighted by molar-refractivity contribution is -0.918. The molecule has 3 aromatic carbocycles. The maximum atomic E-state index is 12.3. The Balaban J connectivity index is 1.20. The van der Waals surface area contributed by atoms with Gasteiger partial charge in [-0.25, -0.2) is 0 Å². The summed E-state index contributed by atoms with van der Waals surface area (Å²) in [5.41, 5.74) is 1.30. The van der Waals surface area contributed by atoms with Crippen LogP contribution in [0.25, 0.3) is 10.8 Å². The molecule has 4 nitrogen and oxygen atoms in total. The van der Waals surface area contributed by atoms with Gasteiger partial charge >= 0.3 is 0 Å². The third-order valence-corrected chi connectivity index (χ3v) is 5.77. The van der Waals surface area contributed by atoms with Crippen molar-refractivity contribution in [3.05, 3.63) is 77.3 Å². The third-order valence-electron chi connectivity index (χ3n) is 5.52. The van der Waals surface area contributed by atoms with E-state index in [4.69, 9.17) is 16.3 Å².